The van der Waals surface area contributed by atoms with Gasteiger partial charge in [0.05, 0.1) is 0 Å². The minimum atomic E-state index is 0.285. The van der Waals surface area contributed by atoms with Gasteiger partial charge in [0.25, 0.3) is 6.47 Å². The van der Waals surface area contributed by atoms with Crippen LogP contribution in [0.3, 0.4) is 0 Å². The summed E-state index contributed by atoms with van der Waals surface area (Å²) in [5.41, 5.74) is 1.17. The molecule has 92 valence electrons. The molecule has 1 N–H and O–H groups in total. The van der Waals surface area contributed by atoms with E-state index in [1.807, 2.05) is 18.2 Å². The van der Waals surface area contributed by atoms with Crippen LogP contribution in [0.1, 0.15) is 18.4 Å². The van der Waals surface area contributed by atoms with Gasteiger partial charge in [-0.05, 0) is 30.9 Å². The fraction of sp³-hybridized carbons (Fsp3) is 0.462. The molecule has 4 heteroatoms. The summed E-state index contributed by atoms with van der Waals surface area (Å²) in [6.45, 7) is 0.964. The number of nitrogens with one attached hydrogen (secondary N) is 1. The molecule has 2 atom stereocenters. The molecule has 0 radical (unpaired) electrons. The average Bonchev–Trinajstić information content (AvgIpc) is 2.77. The summed E-state index contributed by atoms with van der Waals surface area (Å²) in [6, 6.07) is 8.62. The summed E-state index contributed by atoms with van der Waals surface area (Å²) in [7, 11) is 0. The summed E-state index contributed by atoms with van der Waals surface area (Å²) in [6.07, 6.45) is 3.07. The molecule has 1 saturated heterocycles. The van der Waals surface area contributed by atoms with Crippen molar-refractivity contribution in [3.63, 3.8) is 0 Å². The molecule has 2 unspecified atom stereocenters. The highest BCUT2D eigenvalue weighted by atomic mass is 35.5. The lowest BCUT2D eigenvalue weighted by Gasteiger charge is -2.14. The molecule has 1 aromatic rings. The molecule has 0 aromatic heterocycles. The van der Waals surface area contributed by atoms with Crippen molar-refractivity contribution in [2.24, 2.45) is 0 Å². The zero-order valence-electron chi connectivity index (χ0n) is 9.56. The van der Waals surface area contributed by atoms with E-state index in [0.29, 0.717) is 19.1 Å². The largest absolute Gasteiger partial charge is 0.466 e. The summed E-state index contributed by atoms with van der Waals surface area (Å²) >= 11 is 6.12. The Morgan fingerprint density at radius 3 is 2.88 bits per heavy atom. The van der Waals surface area contributed by atoms with Gasteiger partial charge in [-0.2, -0.15) is 0 Å². The molecule has 0 bridgehead atoms. The van der Waals surface area contributed by atoms with Crippen LogP contribution < -0.4 is 5.32 Å². The Morgan fingerprint density at radius 2 is 2.12 bits per heavy atom. The van der Waals surface area contributed by atoms with Crippen molar-refractivity contribution in [3.8, 4) is 0 Å². The predicted molar refractivity (Wildman–Crippen MR) is 67.1 cm³/mol. The molecule has 1 heterocycles. The van der Waals surface area contributed by atoms with Crippen LogP contribution in [-0.2, 0) is 16.0 Å². The first-order chi connectivity index (χ1) is 8.29. The van der Waals surface area contributed by atoms with Crippen molar-refractivity contribution in [1.29, 1.82) is 0 Å². The Kier molecular flexibility index (Phi) is 4.40. The number of carbonyl (C=O) groups is 1. The van der Waals surface area contributed by atoms with Gasteiger partial charge in [0, 0.05) is 17.1 Å². The molecule has 17 heavy (non-hydrogen) atoms. The van der Waals surface area contributed by atoms with Gasteiger partial charge in [0.2, 0.25) is 0 Å². The van der Waals surface area contributed by atoms with Gasteiger partial charge in [-0.1, -0.05) is 29.8 Å². The van der Waals surface area contributed by atoms with Crippen LogP contribution in [0, 0.1) is 0 Å². The molecule has 0 saturated carbocycles. The van der Waals surface area contributed by atoms with Gasteiger partial charge < -0.3 is 10.1 Å². The molecule has 0 amide bonds. The summed E-state index contributed by atoms with van der Waals surface area (Å²) in [5, 5.41) is 4.28. The van der Waals surface area contributed by atoms with E-state index >= 15 is 0 Å². The smallest absolute Gasteiger partial charge is 0.293 e. The number of rotatable bonds is 5. The zero-order chi connectivity index (χ0) is 12.1. The lowest BCUT2D eigenvalue weighted by atomic mass is 10.0. The summed E-state index contributed by atoms with van der Waals surface area (Å²) in [4.78, 5) is 10.1. The fourth-order valence-electron chi connectivity index (χ4n) is 2.28. The maximum atomic E-state index is 10.1. The van der Waals surface area contributed by atoms with E-state index in [9.17, 15) is 4.79 Å². The number of ether oxygens (including phenoxy) is 1. The van der Waals surface area contributed by atoms with Crippen molar-refractivity contribution < 1.29 is 9.53 Å². The average molecular weight is 254 g/mol. The minimum absolute atomic E-state index is 0.285. The lowest BCUT2D eigenvalue weighted by Crippen LogP contribution is -2.33. The monoisotopic (exact) mass is 253 g/mol. The fourth-order valence-corrected chi connectivity index (χ4v) is 2.49. The highest BCUT2D eigenvalue weighted by Gasteiger charge is 2.24. The molecule has 1 aliphatic heterocycles. The number of benzene rings is 1. The van der Waals surface area contributed by atoms with E-state index in [1.165, 1.54) is 5.56 Å². The maximum absolute atomic E-state index is 10.1. The Labute approximate surface area is 106 Å². The third-order valence-electron chi connectivity index (χ3n) is 3.12. The topological polar surface area (TPSA) is 38.3 Å². The van der Waals surface area contributed by atoms with E-state index in [0.717, 1.165) is 24.3 Å². The zero-order valence-corrected chi connectivity index (χ0v) is 10.3. The number of hydrogen-bond donors (Lipinski definition) is 1. The first-order valence-corrected chi connectivity index (χ1v) is 6.22. The summed E-state index contributed by atoms with van der Waals surface area (Å²) in [5.74, 6) is 0. The molecule has 1 aliphatic rings. The van der Waals surface area contributed by atoms with E-state index in [4.69, 9.17) is 16.3 Å². The van der Waals surface area contributed by atoms with Crippen LogP contribution in [0.5, 0.6) is 0 Å². The van der Waals surface area contributed by atoms with Crippen molar-refractivity contribution >= 4 is 18.1 Å². The second kappa shape index (κ2) is 6.03. The molecule has 2 rings (SSSR count). The van der Waals surface area contributed by atoms with Gasteiger partial charge >= 0.3 is 0 Å². The Morgan fingerprint density at radius 1 is 1.35 bits per heavy atom. The van der Waals surface area contributed by atoms with E-state index in [2.05, 4.69) is 11.4 Å². The third kappa shape index (κ3) is 3.45. The second-order valence-electron chi connectivity index (χ2n) is 4.36. The van der Waals surface area contributed by atoms with Gasteiger partial charge in [-0.25, -0.2) is 0 Å². The number of hydrogen-bond acceptors (Lipinski definition) is 3. The van der Waals surface area contributed by atoms with Crippen LogP contribution in [-0.4, -0.2) is 25.2 Å². The highest BCUT2D eigenvalue weighted by molar-refractivity contribution is 6.31. The van der Waals surface area contributed by atoms with Crippen molar-refractivity contribution in [3.05, 3.63) is 34.9 Å². The SMILES string of the molecule is O=COCC1CCC(Cc2ccccc2Cl)N1. The van der Waals surface area contributed by atoms with Gasteiger partial charge in [-0.15, -0.1) is 0 Å². The van der Waals surface area contributed by atoms with Crippen LogP contribution >= 0.6 is 11.6 Å². The molecule has 1 aromatic carbocycles. The van der Waals surface area contributed by atoms with E-state index in [1.54, 1.807) is 0 Å². The Hall–Kier alpha value is -1.06. The Balaban J connectivity index is 1.85. The van der Waals surface area contributed by atoms with E-state index < -0.39 is 0 Å². The van der Waals surface area contributed by atoms with Crippen LogP contribution in [0.2, 0.25) is 5.02 Å². The molecule has 0 aliphatic carbocycles. The first kappa shape index (κ1) is 12.4. The molecule has 1 fully saturated rings. The predicted octanol–water partition coefficient (Wildman–Crippen LogP) is 2.18. The number of halogens is 1. The van der Waals surface area contributed by atoms with Gasteiger partial charge in [-0.3, -0.25) is 4.79 Å². The Bertz CT molecular complexity index is 383. The quantitative estimate of drug-likeness (QED) is 0.818. The van der Waals surface area contributed by atoms with Gasteiger partial charge in [0.15, 0.2) is 0 Å². The van der Waals surface area contributed by atoms with Crippen LogP contribution in [0.25, 0.3) is 0 Å². The molecule has 0 spiro atoms. The number of carbonyl (C=O) groups excluding carboxylic acids is 1. The van der Waals surface area contributed by atoms with Gasteiger partial charge in [0.1, 0.15) is 6.61 Å². The third-order valence-corrected chi connectivity index (χ3v) is 3.49. The standard InChI is InChI=1S/C13H16ClNO2/c14-13-4-2-1-3-10(13)7-11-5-6-12(15-11)8-17-9-16/h1-4,9,11-12,15H,5-8H2. The highest BCUT2D eigenvalue weighted by Crippen LogP contribution is 2.21. The van der Waals surface area contributed by atoms with Crippen LogP contribution in [0.4, 0.5) is 0 Å². The van der Waals surface area contributed by atoms with Crippen LogP contribution in [0.15, 0.2) is 24.3 Å². The first-order valence-electron chi connectivity index (χ1n) is 5.84. The minimum Gasteiger partial charge on any atom is -0.466 e. The van der Waals surface area contributed by atoms with Crippen molar-refractivity contribution in [2.45, 2.75) is 31.3 Å². The van der Waals surface area contributed by atoms with Crippen molar-refractivity contribution in [2.75, 3.05) is 6.61 Å². The molecule has 3 nitrogen and oxygen atoms in total. The van der Waals surface area contributed by atoms with Crippen molar-refractivity contribution in [1.82, 2.24) is 5.32 Å². The normalized spacial score (nSPS) is 23.6. The molecular weight excluding hydrogens is 238 g/mol. The maximum Gasteiger partial charge on any atom is 0.293 e. The lowest BCUT2D eigenvalue weighted by molar-refractivity contribution is -0.129. The molecular formula is C13H16ClNO2. The second-order valence-corrected chi connectivity index (χ2v) is 4.77. The summed E-state index contributed by atoms with van der Waals surface area (Å²) < 4.78 is 4.77. The van der Waals surface area contributed by atoms with E-state index in [-0.39, 0.29) is 6.04 Å².